The molecule has 0 aliphatic rings. The van der Waals surface area contributed by atoms with Gasteiger partial charge in [0.05, 0.1) is 5.69 Å². The van der Waals surface area contributed by atoms with Gasteiger partial charge >= 0.3 is 10.1 Å². The largest absolute Gasteiger partial charge is 0.379 e. The van der Waals surface area contributed by atoms with Crippen molar-refractivity contribution in [3.63, 3.8) is 0 Å². The van der Waals surface area contributed by atoms with Gasteiger partial charge in [-0.2, -0.15) is 8.42 Å². The number of aromatic nitrogens is 4. The Morgan fingerprint density at radius 3 is 2.57 bits per heavy atom. The van der Waals surface area contributed by atoms with E-state index in [2.05, 4.69) is 15.5 Å². The van der Waals surface area contributed by atoms with E-state index in [-0.39, 0.29) is 10.6 Å². The predicted molar refractivity (Wildman–Crippen MR) is 82.8 cm³/mol. The molecule has 0 aliphatic carbocycles. The summed E-state index contributed by atoms with van der Waals surface area (Å²) >= 11 is 0. The Hall–Kier alpha value is -2.74. The number of hydrogen-bond donors (Lipinski definition) is 0. The summed E-state index contributed by atoms with van der Waals surface area (Å²) in [6.45, 7) is 2.00. The SMILES string of the molecule is CCc1ccc(S(=O)(=O)Oc2cccc(-n3cnnn3)c2)cc1. The number of aryl methyl sites for hydroxylation is 1. The number of hydrogen-bond acceptors (Lipinski definition) is 6. The van der Waals surface area contributed by atoms with Gasteiger partial charge in [0.25, 0.3) is 0 Å². The van der Waals surface area contributed by atoms with Gasteiger partial charge in [0.2, 0.25) is 0 Å². The Labute approximate surface area is 133 Å². The molecular weight excluding hydrogens is 316 g/mol. The highest BCUT2D eigenvalue weighted by atomic mass is 32.2. The lowest BCUT2D eigenvalue weighted by Gasteiger charge is -2.08. The number of nitrogens with zero attached hydrogens (tertiary/aromatic N) is 4. The van der Waals surface area contributed by atoms with E-state index in [4.69, 9.17) is 4.18 Å². The normalized spacial score (nSPS) is 11.3. The first-order valence-electron chi connectivity index (χ1n) is 6.95. The highest BCUT2D eigenvalue weighted by Crippen LogP contribution is 2.21. The lowest BCUT2D eigenvalue weighted by molar-refractivity contribution is 0.486. The van der Waals surface area contributed by atoms with Gasteiger partial charge in [0, 0.05) is 6.07 Å². The van der Waals surface area contributed by atoms with Gasteiger partial charge in [-0.1, -0.05) is 25.1 Å². The summed E-state index contributed by atoms with van der Waals surface area (Å²) in [6.07, 6.45) is 2.26. The van der Waals surface area contributed by atoms with Crippen LogP contribution in [-0.4, -0.2) is 28.6 Å². The van der Waals surface area contributed by atoms with Crippen molar-refractivity contribution >= 4 is 10.1 Å². The molecule has 0 unspecified atom stereocenters. The van der Waals surface area contributed by atoms with Gasteiger partial charge in [0.15, 0.2) is 0 Å². The molecule has 0 saturated carbocycles. The van der Waals surface area contributed by atoms with Crippen molar-refractivity contribution in [3.05, 3.63) is 60.4 Å². The Morgan fingerprint density at radius 1 is 1.13 bits per heavy atom. The molecule has 0 bridgehead atoms. The quantitative estimate of drug-likeness (QED) is 0.665. The smallest absolute Gasteiger partial charge is 0.339 e. The van der Waals surface area contributed by atoms with E-state index < -0.39 is 10.1 Å². The van der Waals surface area contributed by atoms with Gasteiger partial charge in [-0.3, -0.25) is 0 Å². The molecule has 1 heterocycles. The minimum absolute atomic E-state index is 0.113. The van der Waals surface area contributed by atoms with Gasteiger partial charge in [-0.25, -0.2) is 4.68 Å². The van der Waals surface area contributed by atoms with E-state index in [1.165, 1.54) is 11.0 Å². The summed E-state index contributed by atoms with van der Waals surface area (Å²) in [4.78, 5) is 0.113. The first-order chi connectivity index (χ1) is 11.1. The topological polar surface area (TPSA) is 87.0 Å². The molecule has 0 aliphatic heterocycles. The summed E-state index contributed by atoms with van der Waals surface area (Å²) in [5.41, 5.74) is 1.66. The van der Waals surface area contributed by atoms with Gasteiger partial charge in [-0.05, 0) is 46.7 Å². The van der Waals surface area contributed by atoms with Crippen LogP contribution in [0.15, 0.2) is 59.8 Å². The average molecular weight is 330 g/mol. The molecule has 118 valence electrons. The van der Waals surface area contributed by atoms with Crippen molar-refractivity contribution < 1.29 is 12.6 Å². The third-order valence-corrected chi connectivity index (χ3v) is 4.52. The van der Waals surface area contributed by atoms with Crippen LogP contribution >= 0.6 is 0 Å². The monoisotopic (exact) mass is 330 g/mol. The van der Waals surface area contributed by atoms with Crippen LogP contribution in [-0.2, 0) is 16.5 Å². The fraction of sp³-hybridized carbons (Fsp3) is 0.133. The van der Waals surface area contributed by atoms with Crippen LogP contribution in [0.5, 0.6) is 5.75 Å². The molecule has 1 aromatic heterocycles. The van der Waals surface area contributed by atoms with Gasteiger partial charge in [-0.15, -0.1) is 5.10 Å². The zero-order chi connectivity index (χ0) is 16.3. The number of benzene rings is 2. The third kappa shape index (κ3) is 3.37. The van der Waals surface area contributed by atoms with Crippen LogP contribution in [0.4, 0.5) is 0 Å². The summed E-state index contributed by atoms with van der Waals surface area (Å²) in [7, 11) is -3.88. The zero-order valence-corrected chi connectivity index (χ0v) is 13.1. The molecule has 2 aromatic carbocycles. The fourth-order valence-corrected chi connectivity index (χ4v) is 2.95. The Balaban J connectivity index is 1.87. The van der Waals surface area contributed by atoms with Crippen LogP contribution in [0, 0.1) is 0 Å². The molecule has 0 amide bonds. The molecule has 0 spiro atoms. The summed E-state index contributed by atoms with van der Waals surface area (Å²) in [5.74, 6) is 0.192. The predicted octanol–water partition coefficient (Wildman–Crippen LogP) is 1.99. The molecular formula is C15H14N4O3S. The first-order valence-corrected chi connectivity index (χ1v) is 8.36. The van der Waals surface area contributed by atoms with E-state index in [1.807, 2.05) is 6.92 Å². The molecule has 0 N–H and O–H groups in total. The lowest BCUT2D eigenvalue weighted by Crippen LogP contribution is -2.10. The zero-order valence-electron chi connectivity index (χ0n) is 12.3. The maximum atomic E-state index is 12.3. The highest BCUT2D eigenvalue weighted by Gasteiger charge is 2.16. The van der Waals surface area contributed by atoms with Crippen LogP contribution in [0.3, 0.4) is 0 Å². The number of rotatable bonds is 5. The molecule has 3 aromatic rings. The minimum atomic E-state index is -3.88. The molecule has 0 radical (unpaired) electrons. The average Bonchev–Trinajstić information content (AvgIpc) is 3.09. The van der Waals surface area contributed by atoms with Crippen LogP contribution < -0.4 is 4.18 Å². The molecule has 7 nitrogen and oxygen atoms in total. The van der Waals surface area contributed by atoms with Crippen LogP contribution in [0.25, 0.3) is 5.69 Å². The Morgan fingerprint density at radius 2 is 1.91 bits per heavy atom. The van der Waals surface area contributed by atoms with Crippen LogP contribution in [0.1, 0.15) is 12.5 Å². The maximum Gasteiger partial charge on any atom is 0.339 e. The molecule has 3 rings (SSSR count). The summed E-state index contributed by atoms with van der Waals surface area (Å²) < 4.78 is 31.3. The van der Waals surface area contributed by atoms with Crippen molar-refractivity contribution in [2.45, 2.75) is 18.2 Å². The second kappa shape index (κ2) is 6.17. The molecule has 23 heavy (non-hydrogen) atoms. The number of tetrazole rings is 1. The molecule has 0 atom stereocenters. The van der Waals surface area contributed by atoms with Crippen molar-refractivity contribution in [2.24, 2.45) is 0 Å². The first kappa shape index (κ1) is 15.2. The van der Waals surface area contributed by atoms with Crippen molar-refractivity contribution in [1.29, 1.82) is 0 Å². The van der Waals surface area contributed by atoms with E-state index in [0.29, 0.717) is 5.69 Å². The highest BCUT2D eigenvalue weighted by molar-refractivity contribution is 7.87. The lowest BCUT2D eigenvalue weighted by atomic mass is 10.2. The molecule has 0 saturated heterocycles. The fourth-order valence-electron chi connectivity index (χ4n) is 2.02. The standard InChI is InChI=1S/C15H14N4O3S/c1-2-12-6-8-15(9-7-12)23(20,21)22-14-5-3-4-13(10-14)19-11-16-17-18-19/h3-11H,2H2,1H3. The minimum Gasteiger partial charge on any atom is -0.379 e. The Kier molecular flexibility index (Phi) is 4.07. The van der Waals surface area contributed by atoms with E-state index in [1.54, 1.807) is 48.5 Å². The third-order valence-electron chi connectivity index (χ3n) is 3.26. The second-order valence-corrected chi connectivity index (χ2v) is 6.33. The second-order valence-electron chi connectivity index (χ2n) is 4.79. The molecule has 8 heteroatoms. The van der Waals surface area contributed by atoms with Crippen LogP contribution in [0.2, 0.25) is 0 Å². The van der Waals surface area contributed by atoms with Gasteiger partial charge < -0.3 is 4.18 Å². The van der Waals surface area contributed by atoms with Crippen molar-refractivity contribution in [3.8, 4) is 11.4 Å². The summed E-state index contributed by atoms with van der Waals surface area (Å²) in [5, 5.41) is 10.8. The Bertz CT molecular complexity index is 891. The van der Waals surface area contributed by atoms with E-state index in [9.17, 15) is 8.42 Å². The maximum absolute atomic E-state index is 12.3. The van der Waals surface area contributed by atoms with E-state index >= 15 is 0 Å². The van der Waals surface area contributed by atoms with Gasteiger partial charge in [0.1, 0.15) is 17.0 Å². The van der Waals surface area contributed by atoms with Crippen molar-refractivity contribution in [1.82, 2.24) is 20.2 Å². The van der Waals surface area contributed by atoms with Crippen molar-refractivity contribution in [2.75, 3.05) is 0 Å². The van der Waals surface area contributed by atoms with E-state index in [0.717, 1.165) is 12.0 Å². The molecule has 0 fully saturated rings. The summed E-state index contributed by atoms with van der Waals surface area (Å²) in [6, 6.07) is 13.1.